The lowest BCUT2D eigenvalue weighted by atomic mass is 10.2. The fourth-order valence-electron chi connectivity index (χ4n) is 2.87. The van der Waals surface area contributed by atoms with Gasteiger partial charge >= 0.3 is 5.69 Å². The average Bonchev–Trinajstić information content (AvgIpc) is 3.05. The van der Waals surface area contributed by atoms with Crippen LogP contribution in [-0.4, -0.2) is 24.6 Å². The molecule has 0 aliphatic rings. The van der Waals surface area contributed by atoms with Crippen molar-refractivity contribution in [3.8, 4) is 0 Å². The lowest BCUT2D eigenvalue weighted by Gasteiger charge is -2.08. The number of hydrogen-bond acceptors (Lipinski definition) is 4. The largest absolute Gasteiger partial charge is 0.332 e. The van der Waals surface area contributed by atoms with Crippen LogP contribution in [0.25, 0.3) is 11.2 Å². The summed E-state index contributed by atoms with van der Waals surface area (Å²) in [5, 5.41) is 2.65. The molecule has 2 aromatic heterocycles. The molecule has 3 aromatic rings. The van der Waals surface area contributed by atoms with Crippen LogP contribution in [0.2, 0.25) is 0 Å². The van der Waals surface area contributed by atoms with Gasteiger partial charge in [-0.25, -0.2) is 14.2 Å². The highest BCUT2D eigenvalue weighted by molar-refractivity contribution is 5.90. The van der Waals surface area contributed by atoms with Gasteiger partial charge in [-0.2, -0.15) is 0 Å². The molecule has 2 heterocycles. The Morgan fingerprint density at radius 1 is 1.22 bits per heavy atom. The third-order valence-electron chi connectivity index (χ3n) is 4.48. The van der Waals surface area contributed by atoms with Crippen LogP contribution in [0, 0.1) is 12.7 Å². The zero-order valence-corrected chi connectivity index (χ0v) is 15.3. The first kappa shape index (κ1) is 18.6. The van der Waals surface area contributed by atoms with Gasteiger partial charge in [0.2, 0.25) is 5.91 Å². The van der Waals surface area contributed by atoms with E-state index in [1.165, 1.54) is 24.0 Å². The Hall–Kier alpha value is -3.23. The summed E-state index contributed by atoms with van der Waals surface area (Å²) in [7, 11) is 2.96. The minimum Gasteiger partial charge on any atom is -0.326 e. The molecule has 0 fully saturated rings. The van der Waals surface area contributed by atoms with E-state index in [0.717, 1.165) is 4.57 Å². The minimum atomic E-state index is -0.442. The molecular formula is C18H20FN5O3. The number of rotatable bonds is 5. The minimum absolute atomic E-state index is 0.196. The van der Waals surface area contributed by atoms with Gasteiger partial charge in [-0.15, -0.1) is 0 Å². The molecule has 0 saturated carbocycles. The molecule has 3 rings (SSSR count). The van der Waals surface area contributed by atoms with Crippen LogP contribution in [0.4, 0.5) is 10.1 Å². The molecule has 1 N–H and O–H groups in total. The summed E-state index contributed by atoms with van der Waals surface area (Å²) >= 11 is 0. The Kier molecular flexibility index (Phi) is 4.93. The smallest absolute Gasteiger partial charge is 0.326 e. The molecule has 1 aromatic carbocycles. The average molecular weight is 373 g/mol. The predicted octanol–water partition coefficient (Wildman–Crippen LogP) is 1.30. The molecule has 27 heavy (non-hydrogen) atoms. The van der Waals surface area contributed by atoms with E-state index >= 15 is 0 Å². The predicted molar refractivity (Wildman–Crippen MR) is 99.2 cm³/mol. The topological polar surface area (TPSA) is 90.9 Å². The van der Waals surface area contributed by atoms with Crippen LogP contribution in [-0.2, 0) is 25.4 Å². The molecule has 0 unspecified atom stereocenters. The number of anilines is 1. The molecule has 8 nitrogen and oxygen atoms in total. The van der Waals surface area contributed by atoms with Gasteiger partial charge in [0.15, 0.2) is 11.2 Å². The lowest BCUT2D eigenvalue weighted by Crippen LogP contribution is -2.37. The van der Waals surface area contributed by atoms with E-state index in [9.17, 15) is 18.8 Å². The third-order valence-corrected chi connectivity index (χ3v) is 4.48. The highest BCUT2D eigenvalue weighted by Crippen LogP contribution is 2.14. The molecular weight excluding hydrogens is 353 g/mol. The highest BCUT2D eigenvalue weighted by Gasteiger charge is 2.14. The van der Waals surface area contributed by atoms with Crippen LogP contribution in [0.3, 0.4) is 0 Å². The van der Waals surface area contributed by atoms with Gasteiger partial charge in [0.1, 0.15) is 5.82 Å². The number of carbonyl (C=O) groups excluding carboxylic acids is 1. The van der Waals surface area contributed by atoms with E-state index in [2.05, 4.69) is 10.3 Å². The monoisotopic (exact) mass is 373 g/mol. The Labute approximate surface area is 153 Å². The maximum atomic E-state index is 13.5. The maximum absolute atomic E-state index is 13.5. The normalized spacial score (nSPS) is 11.1. The first-order valence-electron chi connectivity index (χ1n) is 8.46. The Morgan fingerprint density at radius 3 is 2.67 bits per heavy atom. The number of imidazole rings is 1. The number of aromatic nitrogens is 4. The number of halogens is 1. The van der Waals surface area contributed by atoms with Crippen LogP contribution in [0.5, 0.6) is 0 Å². The van der Waals surface area contributed by atoms with Crippen LogP contribution in [0.1, 0.15) is 18.4 Å². The number of carbonyl (C=O) groups is 1. The Morgan fingerprint density at radius 2 is 1.96 bits per heavy atom. The molecule has 9 heteroatoms. The molecule has 0 aliphatic heterocycles. The van der Waals surface area contributed by atoms with Gasteiger partial charge in [0.05, 0.1) is 6.33 Å². The van der Waals surface area contributed by atoms with Crippen molar-refractivity contribution < 1.29 is 9.18 Å². The van der Waals surface area contributed by atoms with Crippen molar-refractivity contribution in [2.24, 2.45) is 14.1 Å². The Balaban J connectivity index is 1.69. The zero-order chi connectivity index (χ0) is 19.7. The van der Waals surface area contributed by atoms with Gasteiger partial charge in [-0.05, 0) is 31.0 Å². The van der Waals surface area contributed by atoms with Crippen molar-refractivity contribution in [1.29, 1.82) is 0 Å². The van der Waals surface area contributed by atoms with Crippen molar-refractivity contribution in [2.45, 2.75) is 26.3 Å². The van der Waals surface area contributed by atoms with E-state index in [0.29, 0.717) is 35.4 Å². The number of aryl methyl sites for hydroxylation is 3. The summed E-state index contributed by atoms with van der Waals surface area (Å²) in [6.45, 7) is 2.04. The quantitative estimate of drug-likeness (QED) is 0.730. The van der Waals surface area contributed by atoms with E-state index < -0.39 is 11.2 Å². The first-order valence-corrected chi connectivity index (χ1v) is 8.46. The van der Waals surface area contributed by atoms with Gasteiger partial charge < -0.3 is 9.88 Å². The number of nitrogens with one attached hydrogen (secondary N) is 1. The van der Waals surface area contributed by atoms with Gasteiger partial charge in [0, 0.05) is 32.7 Å². The fraction of sp³-hybridized carbons (Fsp3) is 0.333. The van der Waals surface area contributed by atoms with Crippen molar-refractivity contribution >= 4 is 22.8 Å². The number of fused-ring (bicyclic) bond motifs is 1. The van der Waals surface area contributed by atoms with Gasteiger partial charge in [-0.3, -0.25) is 18.7 Å². The maximum Gasteiger partial charge on any atom is 0.332 e. The first-order chi connectivity index (χ1) is 12.8. The second kappa shape index (κ2) is 7.18. The summed E-state index contributed by atoms with van der Waals surface area (Å²) in [6, 6.07) is 4.52. The number of hydrogen-bond donors (Lipinski definition) is 1. The van der Waals surface area contributed by atoms with Crippen molar-refractivity contribution in [3.05, 3.63) is 56.7 Å². The molecule has 0 aliphatic carbocycles. The standard InChI is InChI=1S/C18H20FN5O3/c1-11-6-7-12(9-13(11)19)21-14(25)5-4-8-24-10-20-16-15(24)17(26)23(3)18(27)22(16)2/h6-7,9-10H,4-5,8H2,1-3H3,(H,21,25). The highest BCUT2D eigenvalue weighted by atomic mass is 19.1. The van der Waals surface area contributed by atoms with E-state index in [4.69, 9.17) is 0 Å². The van der Waals surface area contributed by atoms with Crippen molar-refractivity contribution in [1.82, 2.24) is 18.7 Å². The summed E-state index contributed by atoms with van der Waals surface area (Å²) in [6.07, 6.45) is 2.14. The second-order valence-corrected chi connectivity index (χ2v) is 6.43. The number of amides is 1. The molecule has 0 saturated heterocycles. The van der Waals surface area contributed by atoms with Crippen molar-refractivity contribution in [3.63, 3.8) is 0 Å². The Bertz CT molecular complexity index is 1140. The van der Waals surface area contributed by atoms with E-state index in [1.807, 2.05) is 0 Å². The molecule has 142 valence electrons. The zero-order valence-electron chi connectivity index (χ0n) is 15.3. The van der Waals surface area contributed by atoms with Gasteiger partial charge in [0.25, 0.3) is 5.56 Å². The van der Waals surface area contributed by atoms with E-state index in [1.54, 1.807) is 30.7 Å². The lowest BCUT2D eigenvalue weighted by molar-refractivity contribution is -0.116. The summed E-state index contributed by atoms with van der Waals surface area (Å²) in [4.78, 5) is 40.5. The SMILES string of the molecule is Cc1ccc(NC(=O)CCCn2cnc3c2c(=O)n(C)c(=O)n3C)cc1F. The molecule has 0 atom stereocenters. The summed E-state index contributed by atoms with van der Waals surface area (Å²) in [5.74, 6) is -0.623. The number of benzene rings is 1. The van der Waals surface area contributed by atoms with Gasteiger partial charge in [-0.1, -0.05) is 6.07 Å². The van der Waals surface area contributed by atoms with Crippen LogP contribution in [0.15, 0.2) is 34.1 Å². The molecule has 0 spiro atoms. The summed E-state index contributed by atoms with van der Waals surface area (Å²) < 4.78 is 17.5. The summed E-state index contributed by atoms with van der Waals surface area (Å²) in [5.41, 5.74) is 0.673. The second-order valence-electron chi connectivity index (χ2n) is 6.43. The molecule has 0 bridgehead atoms. The number of nitrogens with zero attached hydrogens (tertiary/aromatic N) is 4. The molecule has 1 amide bonds. The molecule has 0 radical (unpaired) electrons. The third kappa shape index (κ3) is 3.53. The van der Waals surface area contributed by atoms with E-state index in [-0.39, 0.29) is 18.1 Å². The van der Waals surface area contributed by atoms with Crippen molar-refractivity contribution in [2.75, 3.05) is 5.32 Å². The van der Waals surface area contributed by atoms with Crippen LogP contribution < -0.4 is 16.6 Å². The van der Waals surface area contributed by atoms with Crippen LogP contribution >= 0.6 is 0 Å². The fourth-order valence-corrected chi connectivity index (χ4v) is 2.87.